The summed E-state index contributed by atoms with van der Waals surface area (Å²) in [5, 5.41) is 12.5. The summed E-state index contributed by atoms with van der Waals surface area (Å²) >= 11 is 0. The number of nitrogens with one attached hydrogen (secondary N) is 1. The molecule has 2 aromatic heterocycles. The van der Waals surface area contributed by atoms with Crippen molar-refractivity contribution in [3.05, 3.63) is 71.7 Å². The molecule has 0 saturated carbocycles. The summed E-state index contributed by atoms with van der Waals surface area (Å²) < 4.78 is 1.97. The standard InChI is InChI=1S/C22H24N4O3/c1-15-6-5-9-20-24-17(12-26(15)20)10-23-21(27)18-13-25(14-19(18)22(28)29)11-16-7-3-2-4-8-16/h2-9,12,18-19H,10-11,13-14H2,1H3,(H,23,27)(H,28,29). The van der Waals surface area contributed by atoms with Gasteiger partial charge in [0.1, 0.15) is 5.65 Å². The molecular formula is C22H24N4O3. The third-order valence-electron chi connectivity index (χ3n) is 5.49. The van der Waals surface area contributed by atoms with Gasteiger partial charge in [-0.2, -0.15) is 0 Å². The molecule has 3 heterocycles. The van der Waals surface area contributed by atoms with Crippen LogP contribution in [-0.2, 0) is 22.7 Å². The Balaban J connectivity index is 1.41. The van der Waals surface area contributed by atoms with Crippen molar-refractivity contribution in [1.82, 2.24) is 19.6 Å². The van der Waals surface area contributed by atoms with Gasteiger partial charge < -0.3 is 14.8 Å². The first-order valence-electron chi connectivity index (χ1n) is 9.71. The number of nitrogens with zero attached hydrogens (tertiary/aromatic N) is 3. The Hall–Kier alpha value is -3.19. The quantitative estimate of drug-likeness (QED) is 0.671. The van der Waals surface area contributed by atoms with Gasteiger partial charge in [-0.25, -0.2) is 4.98 Å². The van der Waals surface area contributed by atoms with Crippen LogP contribution in [0.4, 0.5) is 0 Å². The van der Waals surface area contributed by atoms with Crippen molar-refractivity contribution in [2.75, 3.05) is 13.1 Å². The molecule has 1 aliphatic heterocycles. The number of aromatic nitrogens is 2. The molecular weight excluding hydrogens is 368 g/mol. The Kier molecular flexibility index (Phi) is 5.31. The number of pyridine rings is 1. The molecule has 1 amide bonds. The Morgan fingerprint density at radius 3 is 2.59 bits per heavy atom. The van der Waals surface area contributed by atoms with Crippen LogP contribution in [0.15, 0.2) is 54.7 Å². The molecule has 0 radical (unpaired) electrons. The van der Waals surface area contributed by atoms with Crippen molar-refractivity contribution in [1.29, 1.82) is 0 Å². The number of fused-ring (bicyclic) bond motifs is 1. The first-order chi connectivity index (χ1) is 14.0. The number of carboxylic acids is 1. The molecule has 0 spiro atoms. The topological polar surface area (TPSA) is 86.9 Å². The Morgan fingerprint density at radius 1 is 1.10 bits per heavy atom. The third kappa shape index (κ3) is 4.14. The lowest BCUT2D eigenvalue weighted by atomic mass is 9.95. The van der Waals surface area contributed by atoms with E-state index in [-0.39, 0.29) is 12.5 Å². The highest BCUT2D eigenvalue weighted by Crippen LogP contribution is 2.25. The van der Waals surface area contributed by atoms with Gasteiger partial charge in [0.2, 0.25) is 5.91 Å². The van der Waals surface area contributed by atoms with E-state index < -0.39 is 17.8 Å². The molecule has 1 aromatic carbocycles. The monoisotopic (exact) mass is 392 g/mol. The molecule has 150 valence electrons. The molecule has 1 saturated heterocycles. The van der Waals surface area contributed by atoms with Gasteiger partial charge in [0.25, 0.3) is 0 Å². The normalized spacial score (nSPS) is 19.5. The number of carbonyl (C=O) groups excluding carboxylic acids is 1. The summed E-state index contributed by atoms with van der Waals surface area (Å²) in [7, 11) is 0. The van der Waals surface area contributed by atoms with Crippen molar-refractivity contribution < 1.29 is 14.7 Å². The van der Waals surface area contributed by atoms with E-state index in [1.54, 1.807) is 0 Å². The van der Waals surface area contributed by atoms with Crippen molar-refractivity contribution in [2.45, 2.75) is 20.0 Å². The number of amides is 1. The van der Waals surface area contributed by atoms with Crippen molar-refractivity contribution in [3.63, 3.8) is 0 Å². The van der Waals surface area contributed by atoms with E-state index in [2.05, 4.69) is 10.3 Å². The number of aryl methyl sites for hydroxylation is 1. The number of carboxylic acid groups (broad SMARTS) is 1. The van der Waals surface area contributed by atoms with Gasteiger partial charge in [0, 0.05) is 31.5 Å². The fourth-order valence-corrected chi connectivity index (χ4v) is 3.96. The van der Waals surface area contributed by atoms with Gasteiger partial charge >= 0.3 is 5.97 Å². The number of carbonyl (C=O) groups is 2. The number of hydrogen-bond acceptors (Lipinski definition) is 4. The highest BCUT2D eigenvalue weighted by molar-refractivity contribution is 5.85. The average molecular weight is 392 g/mol. The Bertz CT molecular complexity index is 1030. The van der Waals surface area contributed by atoms with Crippen molar-refractivity contribution >= 4 is 17.5 Å². The van der Waals surface area contributed by atoms with E-state index in [4.69, 9.17) is 0 Å². The molecule has 7 nitrogen and oxygen atoms in total. The average Bonchev–Trinajstić information content (AvgIpc) is 3.32. The van der Waals surface area contributed by atoms with Crippen LogP contribution in [0, 0.1) is 18.8 Å². The SMILES string of the molecule is Cc1cccc2nc(CNC(=O)C3CN(Cc4ccccc4)CC3C(=O)O)cn12. The highest BCUT2D eigenvalue weighted by Gasteiger charge is 2.41. The Labute approximate surface area is 169 Å². The summed E-state index contributed by atoms with van der Waals surface area (Å²) in [6, 6.07) is 15.7. The molecule has 1 aliphatic rings. The molecule has 29 heavy (non-hydrogen) atoms. The van der Waals surface area contributed by atoms with Gasteiger partial charge in [0.05, 0.1) is 24.1 Å². The van der Waals surface area contributed by atoms with Gasteiger partial charge in [0.15, 0.2) is 0 Å². The fourth-order valence-electron chi connectivity index (χ4n) is 3.96. The predicted octanol–water partition coefficient (Wildman–Crippen LogP) is 2.09. The summed E-state index contributed by atoms with van der Waals surface area (Å²) in [6.07, 6.45) is 1.90. The zero-order valence-electron chi connectivity index (χ0n) is 16.3. The summed E-state index contributed by atoms with van der Waals surface area (Å²) in [4.78, 5) is 31.1. The maximum absolute atomic E-state index is 12.8. The molecule has 2 N–H and O–H groups in total. The first-order valence-corrected chi connectivity index (χ1v) is 9.71. The smallest absolute Gasteiger partial charge is 0.308 e. The largest absolute Gasteiger partial charge is 0.481 e. The van der Waals surface area contributed by atoms with Crippen LogP contribution in [0.3, 0.4) is 0 Å². The molecule has 7 heteroatoms. The summed E-state index contributed by atoms with van der Waals surface area (Å²) in [5.41, 5.74) is 3.75. The number of rotatable bonds is 6. The predicted molar refractivity (Wildman–Crippen MR) is 108 cm³/mol. The van der Waals surface area contributed by atoms with Gasteiger partial charge in [-0.15, -0.1) is 0 Å². The second kappa shape index (κ2) is 8.05. The van der Waals surface area contributed by atoms with E-state index in [1.165, 1.54) is 0 Å². The lowest BCUT2D eigenvalue weighted by molar-refractivity contribution is -0.145. The van der Waals surface area contributed by atoms with E-state index in [1.807, 2.05) is 71.0 Å². The number of hydrogen-bond donors (Lipinski definition) is 2. The summed E-state index contributed by atoms with van der Waals surface area (Å²) in [5.74, 6) is -2.44. The van der Waals surface area contributed by atoms with E-state index in [9.17, 15) is 14.7 Å². The number of benzene rings is 1. The van der Waals surface area contributed by atoms with E-state index in [0.717, 1.165) is 22.6 Å². The molecule has 1 fully saturated rings. The van der Waals surface area contributed by atoms with Crippen molar-refractivity contribution in [2.24, 2.45) is 11.8 Å². The maximum Gasteiger partial charge on any atom is 0.308 e. The lowest BCUT2D eigenvalue weighted by Gasteiger charge is -2.15. The molecule has 3 aromatic rings. The molecule has 0 bridgehead atoms. The van der Waals surface area contributed by atoms with Crippen LogP contribution in [0.1, 0.15) is 17.0 Å². The lowest BCUT2D eigenvalue weighted by Crippen LogP contribution is -2.37. The molecule has 4 rings (SSSR count). The summed E-state index contributed by atoms with van der Waals surface area (Å²) in [6.45, 7) is 3.72. The minimum atomic E-state index is -0.927. The van der Waals surface area contributed by atoms with Gasteiger partial charge in [-0.1, -0.05) is 36.4 Å². The number of likely N-dealkylation sites (tertiary alicyclic amines) is 1. The molecule has 2 atom stereocenters. The second-order valence-electron chi connectivity index (χ2n) is 7.58. The number of aliphatic carboxylic acids is 1. The Morgan fingerprint density at radius 2 is 1.86 bits per heavy atom. The first kappa shape index (κ1) is 19.1. The highest BCUT2D eigenvalue weighted by atomic mass is 16.4. The molecule has 0 aliphatic carbocycles. The van der Waals surface area contributed by atoms with Crippen LogP contribution < -0.4 is 5.32 Å². The number of imidazole rings is 1. The fraction of sp³-hybridized carbons (Fsp3) is 0.318. The third-order valence-corrected chi connectivity index (χ3v) is 5.49. The van der Waals surface area contributed by atoms with Crippen LogP contribution in [0.25, 0.3) is 5.65 Å². The van der Waals surface area contributed by atoms with Crippen LogP contribution in [0.5, 0.6) is 0 Å². The maximum atomic E-state index is 12.8. The zero-order valence-corrected chi connectivity index (χ0v) is 16.3. The molecule has 2 unspecified atom stereocenters. The van der Waals surface area contributed by atoms with Crippen LogP contribution >= 0.6 is 0 Å². The van der Waals surface area contributed by atoms with Crippen LogP contribution in [0.2, 0.25) is 0 Å². The zero-order chi connectivity index (χ0) is 20.4. The van der Waals surface area contributed by atoms with Crippen molar-refractivity contribution in [3.8, 4) is 0 Å². The second-order valence-corrected chi connectivity index (χ2v) is 7.58. The van der Waals surface area contributed by atoms with Gasteiger partial charge in [-0.05, 0) is 24.6 Å². The van der Waals surface area contributed by atoms with Gasteiger partial charge in [-0.3, -0.25) is 14.5 Å². The minimum Gasteiger partial charge on any atom is -0.481 e. The van der Waals surface area contributed by atoms with E-state index in [0.29, 0.717) is 19.6 Å². The van der Waals surface area contributed by atoms with E-state index >= 15 is 0 Å². The van der Waals surface area contributed by atoms with Crippen LogP contribution in [-0.4, -0.2) is 44.4 Å². The minimum absolute atomic E-state index is 0.235.